The molecule has 2 heterocycles. The molecule has 1 fully saturated rings. The lowest BCUT2D eigenvalue weighted by Crippen LogP contribution is -2.44. The summed E-state index contributed by atoms with van der Waals surface area (Å²) in [4.78, 5) is 16.7. The minimum Gasteiger partial charge on any atom is -0.369 e. The SMILES string of the molecule is NC1=NC(=O)C2CCCCN12. The number of piperidine rings is 1. The lowest BCUT2D eigenvalue weighted by atomic mass is 10.0. The Morgan fingerprint density at radius 3 is 3.09 bits per heavy atom. The summed E-state index contributed by atoms with van der Waals surface area (Å²) in [5.74, 6) is 0.363. The number of aliphatic imine (C=N–C) groups is 1. The van der Waals surface area contributed by atoms with Crippen LogP contribution in [0.1, 0.15) is 19.3 Å². The maximum atomic E-state index is 11.1. The standard InChI is InChI=1S/C7H11N3O/c8-7-9-6(11)5-3-1-2-4-10(5)7/h5H,1-4H2,(H2,8,9,11). The van der Waals surface area contributed by atoms with Crippen molar-refractivity contribution in [1.29, 1.82) is 0 Å². The first-order chi connectivity index (χ1) is 5.29. The minimum absolute atomic E-state index is 0.0243. The van der Waals surface area contributed by atoms with E-state index in [1.165, 1.54) is 0 Å². The van der Waals surface area contributed by atoms with Gasteiger partial charge in [0.1, 0.15) is 6.04 Å². The van der Waals surface area contributed by atoms with Crippen LogP contribution in [0.15, 0.2) is 4.99 Å². The molecule has 1 atom stereocenters. The second kappa shape index (κ2) is 2.22. The first-order valence-electron chi connectivity index (χ1n) is 3.93. The van der Waals surface area contributed by atoms with Gasteiger partial charge in [-0.15, -0.1) is 0 Å². The van der Waals surface area contributed by atoms with E-state index in [0.717, 1.165) is 25.8 Å². The second-order valence-electron chi connectivity index (χ2n) is 3.01. The van der Waals surface area contributed by atoms with Crippen LogP contribution in [-0.2, 0) is 4.79 Å². The van der Waals surface area contributed by atoms with E-state index in [1.807, 2.05) is 4.90 Å². The fourth-order valence-corrected chi connectivity index (χ4v) is 1.71. The lowest BCUT2D eigenvalue weighted by molar-refractivity contribution is -0.120. The maximum Gasteiger partial charge on any atom is 0.271 e. The summed E-state index contributed by atoms with van der Waals surface area (Å²) in [7, 11) is 0. The predicted molar refractivity (Wildman–Crippen MR) is 41.0 cm³/mol. The fourth-order valence-electron chi connectivity index (χ4n) is 1.71. The number of carbonyl (C=O) groups is 1. The molecule has 1 amide bonds. The van der Waals surface area contributed by atoms with E-state index in [2.05, 4.69) is 4.99 Å². The van der Waals surface area contributed by atoms with Crippen LogP contribution in [0, 0.1) is 0 Å². The van der Waals surface area contributed by atoms with Gasteiger partial charge in [-0.25, -0.2) is 0 Å². The van der Waals surface area contributed by atoms with Crippen LogP contribution in [-0.4, -0.2) is 29.4 Å². The molecule has 0 aromatic rings. The summed E-state index contributed by atoms with van der Waals surface area (Å²) in [6.45, 7) is 0.895. The zero-order valence-corrected chi connectivity index (χ0v) is 6.29. The Morgan fingerprint density at radius 1 is 1.55 bits per heavy atom. The molecule has 1 saturated heterocycles. The predicted octanol–water partition coefficient (Wildman–Crippen LogP) is -0.304. The van der Waals surface area contributed by atoms with Gasteiger partial charge in [-0.05, 0) is 19.3 Å². The normalized spacial score (nSPS) is 30.2. The van der Waals surface area contributed by atoms with Gasteiger partial charge in [0.05, 0.1) is 0 Å². The van der Waals surface area contributed by atoms with Crippen molar-refractivity contribution in [2.45, 2.75) is 25.3 Å². The Morgan fingerprint density at radius 2 is 2.36 bits per heavy atom. The van der Waals surface area contributed by atoms with E-state index in [9.17, 15) is 4.79 Å². The van der Waals surface area contributed by atoms with Crippen molar-refractivity contribution < 1.29 is 4.79 Å². The highest BCUT2D eigenvalue weighted by Gasteiger charge is 2.34. The molecule has 0 bridgehead atoms. The molecule has 4 heteroatoms. The van der Waals surface area contributed by atoms with Gasteiger partial charge in [0.2, 0.25) is 0 Å². The van der Waals surface area contributed by atoms with Crippen LogP contribution in [0.25, 0.3) is 0 Å². The quantitative estimate of drug-likeness (QED) is 0.519. The van der Waals surface area contributed by atoms with E-state index in [-0.39, 0.29) is 11.9 Å². The third-order valence-electron chi connectivity index (χ3n) is 2.31. The molecule has 4 nitrogen and oxygen atoms in total. The smallest absolute Gasteiger partial charge is 0.271 e. The third-order valence-corrected chi connectivity index (χ3v) is 2.31. The Balaban J connectivity index is 2.21. The molecular weight excluding hydrogens is 142 g/mol. The molecule has 0 aromatic heterocycles. The van der Waals surface area contributed by atoms with Crippen LogP contribution < -0.4 is 5.73 Å². The van der Waals surface area contributed by atoms with Gasteiger partial charge in [0.25, 0.3) is 5.91 Å². The van der Waals surface area contributed by atoms with Gasteiger partial charge in [-0.3, -0.25) is 4.79 Å². The van der Waals surface area contributed by atoms with Crippen molar-refractivity contribution in [2.75, 3.05) is 6.54 Å². The van der Waals surface area contributed by atoms with Crippen LogP contribution >= 0.6 is 0 Å². The first kappa shape index (κ1) is 6.64. The van der Waals surface area contributed by atoms with Gasteiger partial charge in [-0.2, -0.15) is 4.99 Å². The number of amides is 1. The van der Waals surface area contributed by atoms with Crippen molar-refractivity contribution in [3.63, 3.8) is 0 Å². The number of carbonyl (C=O) groups excluding carboxylic acids is 1. The summed E-state index contributed by atoms with van der Waals surface area (Å²) >= 11 is 0. The van der Waals surface area contributed by atoms with Crippen LogP contribution in [0.2, 0.25) is 0 Å². The molecule has 0 aromatic carbocycles. The highest BCUT2D eigenvalue weighted by Crippen LogP contribution is 2.21. The summed E-state index contributed by atoms with van der Waals surface area (Å²) in [5, 5.41) is 0. The lowest BCUT2D eigenvalue weighted by Gasteiger charge is -2.28. The molecule has 1 unspecified atom stereocenters. The fraction of sp³-hybridized carbons (Fsp3) is 0.714. The zero-order chi connectivity index (χ0) is 7.84. The van der Waals surface area contributed by atoms with E-state index in [1.54, 1.807) is 0 Å². The molecule has 0 radical (unpaired) electrons. The molecule has 2 rings (SSSR count). The molecule has 11 heavy (non-hydrogen) atoms. The van der Waals surface area contributed by atoms with Crippen LogP contribution in [0.4, 0.5) is 0 Å². The topological polar surface area (TPSA) is 58.7 Å². The number of nitrogens with two attached hydrogens (primary N) is 1. The molecule has 2 aliphatic rings. The molecule has 0 spiro atoms. The Kier molecular flexibility index (Phi) is 1.34. The van der Waals surface area contributed by atoms with Crippen molar-refractivity contribution >= 4 is 11.9 Å². The van der Waals surface area contributed by atoms with Crippen LogP contribution in [0.3, 0.4) is 0 Å². The summed E-state index contributed by atoms with van der Waals surface area (Å²) in [5.41, 5.74) is 5.53. The van der Waals surface area contributed by atoms with Crippen molar-refractivity contribution in [2.24, 2.45) is 10.7 Å². The minimum atomic E-state index is -0.0535. The number of rotatable bonds is 0. The van der Waals surface area contributed by atoms with Gasteiger partial charge < -0.3 is 10.6 Å². The largest absolute Gasteiger partial charge is 0.369 e. The molecule has 0 aliphatic carbocycles. The van der Waals surface area contributed by atoms with E-state index < -0.39 is 0 Å². The number of nitrogens with zero attached hydrogens (tertiary/aromatic N) is 2. The number of guanidine groups is 1. The van der Waals surface area contributed by atoms with Crippen molar-refractivity contribution in [3.8, 4) is 0 Å². The average Bonchev–Trinajstić information content (AvgIpc) is 2.30. The highest BCUT2D eigenvalue weighted by atomic mass is 16.2. The van der Waals surface area contributed by atoms with E-state index in [0.29, 0.717) is 5.96 Å². The van der Waals surface area contributed by atoms with Gasteiger partial charge in [0, 0.05) is 6.54 Å². The first-order valence-corrected chi connectivity index (χ1v) is 3.93. The Bertz CT molecular complexity index is 224. The van der Waals surface area contributed by atoms with Gasteiger partial charge in [0.15, 0.2) is 5.96 Å². The number of hydrogen-bond acceptors (Lipinski definition) is 3. The van der Waals surface area contributed by atoms with Crippen molar-refractivity contribution in [1.82, 2.24) is 4.90 Å². The Labute approximate surface area is 65.1 Å². The summed E-state index contributed by atoms with van der Waals surface area (Å²) < 4.78 is 0. The average molecular weight is 153 g/mol. The Hall–Kier alpha value is -1.06. The van der Waals surface area contributed by atoms with Crippen molar-refractivity contribution in [3.05, 3.63) is 0 Å². The van der Waals surface area contributed by atoms with E-state index >= 15 is 0 Å². The van der Waals surface area contributed by atoms with Crippen LogP contribution in [0.5, 0.6) is 0 Å². The monoisotopic (exact) mass is 153 g/mol. The highest BCUT2D eigenvalue weighted by molar-refractivity contribution is 6.02. The van der Waals surface area contributed by atoms with Gasteiger partial charge in [-0.1, -0.05) is 0 Å². The van der Waals surface area contributed by atoms with E-state index in [4.69, 9.17) is 5.73 Å². The zero-order valence-electron chi connectivity index (χ0n) is 6.29. The summed E-state index contributed by atoms with van der Waals surface area (Å²) in [6.07, 6.45) is 3.17. The number of hydrogen-bond donors (Lipinski definition) is 1. The van der Waals surface area contributed by atoms with Gasteiger partial charge >= 0.3 is 0 Å². The second-order valence-corrected chi connectivity index (χ2v) is 3.01. The summed E-state index contributed by atoms with van der Waals surface area (Å²) in [6, 6.07) is -0.0243. The molecule has 2 aliphatic heterocycles. The molecule has 60 valence electrons. The molecular formula is C7H11N3O. The number of fused-ring (bicyclic) bond motifs is 1. The molecule has 2 N–H and O–H groups in total. The molecule has 0 saturated carbocycles. The third kappa shape index (κ3) is 0.895. The maximum absolute atomic E-state index is 11.1.